The second-order valence-corrected chi connectivity index (χ2v) is 5.72. The van der Waals surface area contributed by atoms with Crippen LogP contribution in [0.2, 0.25) is 0 Å². The predicted octanol–water partition coefficient (Wildman–Crippen LogP) is 3.07. The minimum absolute atomic E-state index is 0.387. The minimum Gasteiger partial charge on any atom is -0.325 e. The molecule has 0 aliphatic rings. The molecule has 0 unspecified atom stereocenters. The van der Waals surface area contributed by atoms with E-state index in [1.54, 1.807) is 11.3 Å². The molecular formula is C15H16N4S. The van der Waals surface area contributed by atoms with Gasteiger partial charge in [-0.15, -0.1) is 16.4 Å². The molecule has 3 aromatic rings. The number of hydrogen-bond acceptors (Lipinski definition) is 4. The monoisotopic (exact) mass is 284 g/mol. The zero-order valence-electron chi connectivity index (χ0n) is 11.5. The van der Waals surface area contributed by atoms with Gasteiger partial charge in [0.2, 0.25) is 0 Å². The summed E-state index contributed by atoms with van der Waals surface area (Å²) in [5, 5.41) is 10.6. The number of hydrogen-bond donors (Lipinski definition) is 1. The van der Waals surface area contributed by atoms with E-state index in [0.29, 0.717) is 6.54 Å². The molecule has 3 rings (SSSR count). The minimum atomic E-state index is 0.387. The van der Waals surface area contributed by atoms with Crippen molar-refractivity contribution in [3.05, 3.63) is 52.5 Å². The van der Waals surface area contributed by atoms with Gasteiger partial charge in [0.25, 0.3) is 0 Å². The number of thiophene rings is 1. The average molecular weight is 284 g/mol. The molecule has 102 valence electrons. The van der Waals surface area contributed by atoms with Gasteiger partial charge in [-0.2, -0.15) is 0 Å². The fourth-order valence-electron chi connectivity index (χ4n) is 2.23. The van der Waals surface area contributed by atoms with Crippen LogP contribution in [0, 0.1) is 13.8 Å². The van der Waals surface area contributed by atoms with Crippen molar-refractivity contribution in [2.24, 2.45) is 5.73 Å². The molecule has 2 heterocycles. The summed E-state index contributed by atoms with van der Waals surface area (Å²) in [6, 6.07) is 10.4. The van der Waals surface area contributed by atoms with Crippen LogP contribution in [0.1, 0.15) is 16.8 Å². The Bertz CT molecular complexity index is 728. The van der Waals surface area contributed by atoms with E-state index in [4.69, 9.17) is 5.73 Å². The van der Waals surface area contributed by atoms with E-state index < -0.39 is 0 Å². The summed E-state index contributed by atoms with van der Waals surface area (Å²) in [6.45, 7) is 4.55. The number of rotatable bonds is 3. The van der Waals surface area contributed by atoms with Gasteiger partial charge in [-0.1, -0.05) is 23.4 Å². The third-order valence-corrected chi connectivity index (χ3v) is 4.16. The van der Waals surface area contributed by atoms with Crippen molar-refractivity contribution in [2.75, 3.05) is 0 Å². The zero-order chi connectivity index (χ0) is 14.1. The van der Waals surface area contributed by atoms with Crippen LogP contribution in [0.5, 0.6) is 0 Å². The Morgan fingerprint density at radius 2 is 2.10 bits per heavy atom. The molecule has 0 bridgehead atoms. The Balaban J connectivity index is 2.25. The number of aryl methyl sites for hydroxylation is 2. The highest BCUT2D eigenvalue weighted by molar-refractivity contribution is 7.13. The topological polar surface area (TPSA) is 56.7 Å². The average Bonchev–Trinajstić information content (AvgIpc) is 3.08. The van der Waals surface area contributed by atoms with Gasteiger partial charge in [0.05, 0.1) is 10.6 Å². The number of nitrogens with two attached hydrogens (primary N) is 1. The first-order chi connectivity index (χ1) is 9.70. The summed E-state index contributed by atoms with van der Waals surface area (Å²) in [4.78, 5) is 1.14. The van der Waals surface area contributed by atoms with Crippen molar-refractivity contribution in [3.8, 4) is 16.3 Å². The first-order valence-corrected chi connectivity index (χ1v) is 7.35. The van der Waals surface area contributed by atoms with Gasteiger partial charge in [-0.3, -0.25) is 0 Å². The third-order valence-electron chi connectivity index (χ3n) is 3.28. The number of nitrogens with zero attached hydrogens (tertiary/aromatic N) is 3. The van der Waals surface area contributed by atoms with Crippen LogP contribution in [-0.4, -0.2) is 15.0 Å². The lowest BCUT2D eigenvalue weighted by molar-refractivity contribution is 0.795. The molecule has 0 spiro atoms. The largest absolute Gasteiger partial charge is 0.325 e. The van der Waals surface area contributed by atoms with Gasteiger partial charge in [0.15, 0.2) is 0 Å². The number of benzene rings is 1. The molecule has 5 heteroatoms. The summed E-state index contributed by atoms with van der Waals surface area (Å²) in [5.41, 5.74) is 11.1. The van der Waals surface area contributed by atoms with Crippen molar-refractivity contribution in [1.29, 1.82) is 0 Å². The van der Waals surface area contributed by atoms with E-state index in [-0.39, 0.29) is 0 Å². The van der Waals surface area contributed by atoms with Gasteiger partial charge < -0.3 is 5.73 Å². The molecule has 0 radical (unpaired) electrons. The molecule has 2 aromatic heterocycles. The van der Waals surface area contributed by atoms with E-state index >= 15 is 0 Å². The van der Waals surface area contributed by atoms with E-state index in [2.05, 4.69) is 53.8 Å². The summed E-state index contributed by atoms with van der Waals surface area (Å²) >= 11 is 1.67. The lowest BCUT2D eigenvalue weighted by Crippen LogP contribution is -2.03. The van der Waals surface area contributed by atoms with Gasteiger partial charge in [-0.25, -0.2) is 4.68 Å². The van der Waals surface area contributed by atoms with E-state index in [1.807, 2.05) is 10.7 Å². The normalized spacial score (nSPS) is 10.9. The fourth-order valence-corrected chi connectivity index (χ4v) is 3.00. The fraction of sp³-hybridized carbons (Fsp3) is 0.200. The molecule has 4 nitrogen and oxygen atoms in total. The summed E-state index contributed by atoms with van der Waals surface area (Å²) in [6.07, 6.45) is 0. The first-order valence-electron chi connectivity index (χ1n) is 6.47. The smallest absolute Gasteiger partial charge is 0.109 e. The molecule has 0 fully saturated rings. The number of aromatic nitrogens is 3. The predicted molar refractivity (Wildman–Crippen MR) is 82.0 cm³/mol. The maximum atomic E-state index is 5.80. The van der Waals surface area contributed by atoms with Crippen LogP contribution in [-0.2, 0) is 6.54 Å². The van der Waals surface area contributed by atoms with Gasteiger partial charge >= 0.3 is 0 Å². The molecule has 1 aromatic carbocycles. The summed E-state index contributed by atoms with van der Waals surface area (Å²) in [7, 11) is 0. The van der Waals surface area contributed by atoms with Crippen LogP contribution >= 0.6 is 11.3 Å². The van der Waals surface area contributed by atoms with Crippen molar-refractivity contribution in [1.82, 2.24) is 15.0 Å². The molecule has 2 N–H and O–H groups in total. The van der Waals surface area contributed by atoms with Gasteiger partial charge in [0, 0.05) is 6.54 Å². The Morgan fingerprint density at radius 1 is 1.25 bits per heavy atom. The van der Waals surface area contributed by atoms with Crippen molar-refractivity contribution < 1.29 is 0 Å². The first kappa shape index (κ1) is 13.0. The lowest BCUT2D eigenvalue weighted by Gasteiger charge is -2.10. The van der Waals surface area contributed by atoms with Crippen LogP contribution < -0.4 is 5.73 Å². The van der Waals surface area contributed by atoms with Crippen LogP contribution in [0.4, 0.5) is 0 Å². The van der Waals surface area contributed by atoms with Gasteiger partial charge in [-0.05, 0) is 42.5 Å². The zero-order valence-corrected chi connectivity index (χ0v) is 12.3. The van der Waals surface area contributed by atoms with Gasteiger partial charge in [0.1, 0.15) is 11.4 Å². The van der Waals surface area contributed by atoms with Crippen LogP contribution in [0.15, 0.2) is 35.7 Å². The van der Waals surface area contributed by atoms with Crippen LogP contribution in [0.25, 0.3) is 16.3 Å². The molecule has 0 saturated heterocycles. The Morgan fingerprint density at radius 3 is 2.80 bits per heavy atom. The van der Waals surface area contributed by atoms with E-state index in [1.165, 1.54) is 11.1 Å². The molecule has 0 aliphatic heterocycles. The van der Waals surface area contributed by atoms with Crippen molar-refractivity contribution >= 4 is 11.3 Å². The quantitative estimate of drug-likeness (QED) is 0.804. The Labute approximate surface area is 121 Å². The summed E-state index contributed by atoms with van der Waals surface area (Å²) < 4.78 is 1.90. The highest BCUT2D eigenvalue weighted by Crippen LogP contribution is 2.30. The lowest BCUT2D eigenvalue weighted by atomic mass is 10.1. The molecule has 0 aliphatic carbocycles. The second-order valence-electron chi connectivity index (χ2n) is 4.77. The standard InChI is InChI=1S/C15H16N4S/c1-10-5-6-11(2)13(8-10)19-15(12(9-16)17-18-19)14-4-3-7-20-14/h3-8H,9,16H2,1-2H3. The maximum Gasteiger partial charge on any atom is 0.109 e. The van der Waals surface area contributed by atoms with Crippen molar-refractivity contribution in [3.63, 3.8) is 0 Å². The highest BCUT2D eigenvalue weighted by Gasteiger charge is 2.17. The van der Waals surface area contributed by atoms with Crippen molar-refractivity contribution in [2.45, 2.75) is 20.4 Å². The molecule has 0 saturated carbocycles. The molecule has 0 atom stereocenters. The second kappa shape index (κ2) is 5.19. The Kier molecular flexibility index (Phi) is 3.38. The highest BCUT2D eigenvalue weighted by atomic mass is 32.1. The van der Waals surface area contributed by atoms with Crippen LogP contribution in [0.3, 0.4) is 0 Å². The molecular weight excluding hydrogens is 268 g/mol. The van der Waals surface area contributed by atoms with E-state index in [9.17, 15) is 0 Å². The Hall–Kier alpha value is -1.98. The molecule has 20 heavy (non-hydrogen) atoms. The van der Waals surface area contributed by atoms with E-state index in [0.717, 1.165) is 22.0 Å². The third kappa shape index (κ3) is 2.15. The summed E-state index contributed by atoms with van der Waals surface area (Å²) in [5.74, 6) is 0. The maximum absolute atomic E-state index is 5.80. The SMILES string of the molecule is Cc1ccc(C)c(-n2nnc(CN)c2-c2cccs2)c1. The molecule has 0 amide bonds.